The van der Waals surface area contributed by atoms with Gasteiger partial charge in [-0.3, -0.25) is 0 Å². The van der Waals surface area contributed by atoms with Gasteiger partial charge in [-0.25, -0.2) is 0 Å². The maximum absolute atomic E-state index is 10.3. The second kappa shape index (κ2) is 5.66. The van der Waals surface area contributed by atoms with E-state index in [0.29, 0.717) is 6.42 Å². The Hall–Kier alpha value is -1.35. The van der Waals surface area contributed by atoms with E-state index in [1.807, 2.05) is 0 Å². The Bertz CT molecular complexity index is 374. The number of rotatable bonds is 5. The van der Waals surface area contributed by atoms with Gasteiger partial charge in [-0.05, 0) is 43.9 Å². The fourth-order valence-corrected chi connectivity index (χ4v) is 1.68. The molecule has 0 saturated carbocycles. The first-order valence-corrected chi connectivity index (χ1v) is 5.61. The van der Waals surface area contributed by atoms with Crippen molar-refractivity contribution in [3.63, 3.8) is 0 Å². The Balaban J connectivity index is 2.55. The van der Waals surface area contributed by atoms with Gasteiger partial charge in [0.1, 0.15) is 6.04 Å². The lowest BCUT2D eigenvalue weighted by Gasteiger charge is -2.11. The van der Waals surface area contributed by atoms with Crippen LogP contribution in [0.3, 0.4) is 0 Å². The second-order valence-corrected chi connectivity index (χ2v) is 4.30. The number of quaternary nitrogens is 1. The Morgan fingerprint density at radius 1 is 1.38 bits per heavy atom. The number of carboxylic acid groups (broad SMARTS) is 1. The molecule has 0 bridgehead atoms. The minimum absolute atomic E-state index is 0.122. The zero-order valence-electron chi connectivity index (χ0n) is 9.95. The first kappa shape index (κ1) is 12.7. The monoisotopic (exact) mass is 221 g/mol. The van der Waals surface area contributed by atoms with E-state index in [1.54, 1.807) is 0 Å². The summed E-state index contributed by atoms with van der Waals surface area (Å²) in [5, 5.41) is 10.3. The van der Waals surface area contributed by atoms with Gasteiger partial charge in [-0.1, -0.05) is 12.1 Å². The maximum atomic E-state index is 10.3. The van der Waals surface area contributed by atoms with Crippen LogP contribution in [0.5, 0.6) is 0 Å². The predicted octanol–water partition coefficient (Wildman–Crippen LogP) is 0.507. The zero-order valence-corrected chi connectivity index (χ0v) is 9.95. The summed E-state index contributed by atoms with van der Waals surface area (Å²) >= 11 is 0. The summed E-state index contributed by atoms with van der Waals surface area (Å²) in [6.45, 7) is 4.15. The van der Waals surface area contributed by atoms with Crippen LogP contribution in [0.25, 0.3) is 0 Å². The molecule has 1 aromatic carbocycles. The standard InChI is InChI=1S/C13H19NO2/c1-9-6-7-11(8-10(9)2)12(14)4-3-5-13(15)16/h6-8,12H,3-5,14H2,1-2H3,(H,15,16)/t12-/m0/s1. The topological polar surface area (TPSA) is 67.8 Å². The number of hydrogen-bond donors (Lipinski definition) is 1. The molecule has 1 aromatic rings. The molecule has 0 aromatic heterocycles. The number of benzene rings is 1. The molecular formula is C13H19NO2. The molecule has 0 unspecified atom stereocenters. The quantitative estimate of drug-likeness (QED) is 0.787. The lowest BCUT2D eigenvalue weighted by molar-refractivity contribution is -0.428. The van der Waals surface area contributed by atoms with Crippen LogP contribution < -0.4 is 10.8 Å². The van der Waals surface area contributed by atoms with E-state index in [4.69, 9.17) is 0 Å². The summed E-state index contributed by atoms with van der Waals surface area (Å²) in [4.78, 5) is 10.3. The number of aliphatic carboxylic acids is 1. The third-order valence-corrected chi connectivity index (χ3v) is 2.94. The normalized spacial score (nSPS) is 12.4. The van der Waals surface area contributed by atoms with E-state index in [9.17, 15) is 9.90 Å². The molecule has 3 nitrogen and oxygen atoms in total. The minimum Gasteiger partial charge on any atom is -0.550 e. The molecular weight excluding hydrogens is 202 g/mol. The molecule has 88 valence electrons. The van der Waals surface area contributed by atoms with Gasteiger partial charge in [0.2, 0.25) is 0 Å². The number of hydrogen-bond acceptors (Lipinski definition) is 2. The molecule has 0 heterocycles. The second-order valence-electron chi connectivity index (χ2n) is 4.30. The summed E-state index contributed by atoms with van der Waals surface area (Å²) in [5.41, 5.74) is 7.77. The van der Waals surface area contributed by atoms with E-state index in [0.717, 1.165) is 6.42 Å². The zero-order chi connectivity index (χ0) is 12.1. The van der Waals surface area contributed by atoms with Crippen LogP contribution in [0.4, 0.5) is 0 Å². The van der Waals surface area contributed by atoms with Crippen LogP contribution in [-0.2, 0) is 4.79 Å². The van der Waals surface area contributed by atoms with Gasteiger partial charge in [-0.15, -0.1) is 0 Å². The molecule has 0 fully saturated rings. The Morgan fingerprint density at radius 2 is 2.06 bits per heavy atom. The average molecular weight is 221 g/mol. The van der Waals surface area contributed by atoms with Crippen LogP contribution in [0.15, 0.2) is 18.2 Å². The highest BCUT2D eigenvalue weighted by Crippen LogP contribution is 2.18. The van der Waals surface area contributed by atoms with Crippen molar-refractivity contribution in [3.05, 3.63) is 34.9 Å². The number of carbonyl (C=O) groups is 1. The smallest absolute Gasteiger partial charge is 0.110 e. The first-order valence-electron chi connectivity index (χ1n) is 5.61. The Labute approximate surface area is 96.3 Å². The lowest BCUT2D eigenvalue weighted by atomic mass is 9.98. The van der Waals surface area contributed by atoms with Crippen molar-refractivity contribution in [1.29, 1.82) is 0 Å². The van der Waals surface area contributed by atoms with Gasteiger partial charge in [0.05, 0.1) is 0 Å². The summed E-state index contributed by atoms with van der Waals surface area (Å²) in [6, 6.07) is 6.45. The summed E-state index contributed by atoms with van der Waals surface area (Å²) in [6.07, 6.45) is 1.54. The van der Waals surface area contributed by atoms with Gasteiger partial charge in [-0.2, -0.15) is 0 Å². The molecule has 1 atom stereocenters. The summed E-state index contributed by atoms with van der Waals surface area (Å²) in [7, 11) is 0. The molecule has 0 radical (unpaired) electrons. The van der Waals surface area contributed by atoms with Crippen molar-refractivity contribution < 1.29 is 15.6 Å². The predicted molar refractivity (Wildman–Crippen MR) is 60.4 cm³/mol. The molecule has 0 aliphatic heterocycles. The van der Waals surface area contributed by atoms with Crippen molar-refractivity contribution in [2.24, 2.45) is 0 Å². The van der Waals surface area contributed by atoms with Gasteiger partial charge >= 0.3 is 0 Å². The first-order chi connectivity index (χ1) is 7.50. The highest BCUT2D eigenvalue weighted by atomic mass is 16.4. The summed E-state index contributed by atoms with van der Waals surface area (Å²) < 4.78 is 0. The fourth-order valence-electron chi connectivity index (χ4n) is 1.68. The minimum atomic E-state index is -0.979. The van der Waals surface area contributed by atoms with Crippen molar-refractivity contribution in [2.45, 2.75) is 39.2 Å². The van der Waals surface area contributed by atoms with E-state index in [2.05, 4.69) is 37.8 Å². The van der Waals surface area contributed by atoms with Crippen LogP contribution >= 0.6 is 0 Å². The van der Waals surface area contributed by atoms with Crippen molar-refractivity contribution in [2.75, 3.05) is 0 Å². The number of aryl methyl sites for hydroxylation is 2. The van der Waals surface area contributed by atoms with Gasteiger partial charge in [0, 0.05) is 18.0 Å². The SMILES string of the molecule is Cc1ccc([C@@H]([NH3+])CCCC(=O)[O-])cc1C. The van der Waals surface area contributed by atoms with E-state index < -0.39 is 5.97 Å². The highest BCUT2D eigenvalue weighted by Gasteiger charge is 2.09. The van der Waals surface area contributed by atoms with E-state index in [-0.39, 0.29) is 12.5 Å². The molecule has 0 spiro atoms. The van der Waals surface area contributed by atoms with Crippen molar-refractivity contribution in [1.82, 2.24) is 0 Å². The van der Waals surface area contributed by atoms with Gasteiger partial charge < -0.3 is 15.6 Å². The molecule has 0 aliphatic carbocycles. The Morgan fingerprint density at radius 3 is 2.62 bits per heavy atom. The molecule has 0 amide bonds. The molecule has 1 rings (SSSR count). The van der Waals surface area contributed by atoms with Crippen LogP contribution in [0, 0.1) is 13.8 Å². The van der Waals surface area contributed by atoms with Gasteiger partial charge in [0.15, 0.2) is 0 Å². The largest absolute Gasteiger partial charge is 0.550 e. The number of carbonyl (C=O) groups excluding carboxylic acids is 1. The number of carboxylic acids is 1. The van der Waals surface area contributed by atoms with Gasteiger partial charge in [0.25, 0.3) is 0 Å². The Kier molecular flexibility index (Phi) is 4.50. The fraction of sp³-hybridized carbons (Fsp3) is 0.462. The molecule has 0 saturated heterocycles. The van der Waals surface area contributed by atoms with Crippen molar-refractivity contribution >= 4 is 5.97 Å². The van der Waals surface area contributed by atoms with Crippen LogP contribution in [0.2, 0.25) is 0 Å². The third kappa shape index (κ3) is 3.66. The van der Waals surface area contributed by atoms with Crippen molar-refractivity contribution in [3.8, 4) is 0 Å². The van der Waals surface area contributed by atoms with Crippen LogP contribution in [0.1, 0.15) is 42.0 Å². The average Bonchev–Trinajstić information content (AvgIpc) is 2.21. The molecule has 3 N–H and O–H groups in total. The van der Waals surface area contributed by atoms with Crippen LogP contribution in [-0.4, -0.2) is 5.97 Å². The van der Waals surface area contributed by atoms with E-state index >= 15 is 0 Å². The molecule has 16 heavy (non-hydrogen) atoms. The molecule has 3 heteroatoms. The lowest BCUT2D eigenvalue weighted by Crippen LogP contribution is -2.53. The highest BCUT2D eigenvalue weighted by molar-refractivity contribution is 5.64. The third-order valence-electron chi connectivity index (χ3n) is 2.94. The molecule has 0 aliphatic rings. The summed E-state index contributed by atoms with van der Waals surface area (Å²) in [5.74, 6) is -0.979. The van der Waals surface area contributed by atoms with E-state index in [1.165, 1.54) is 16.7 Å². The maximum Gasteiger partial charge on any atom is 0.110 e.